The molecule has 2 aliphatic heterocycles. The van der Waals surface area contributed by atoms with Gasteiger partial charge in [0.25, 0.3) is 0 Å². The number of piperazine rings is 1. The summed E-state index contributed by atoms with van der Waals surface area (Å²) < 4.78 is 25.3. The van der Waals surface area contributed by atoms with Gasteiger partial charge >= 0.3 is 0 Å². The number of rotatable bonds is 8. The maximum absolute atomic E-state index is 13.7. The van der Waals surface area contributed by atoms with E-state index in [0.29, 0.717) is 41.8 Å². The molecule has 11 heteroatoms. The van der Waals surface area contributed by atoms with E-state index in [1.165, 1.54) is 12.1 Å². The number of hydrogen-bond acceptors (Lipinski definition) is 8. The molecule has 0 unspecified atom stereocenters. The molecule has 2 aromatic heterocycles. The average Bonchev–Trinajstić information content (AvgIpc) is 3.36. The minimum absolute atomic E-state index is 0.123. The van der Waals surface area contributed by atoms with Crippen molar-refractivity contribution >= 4 is 11.9 Å². The summed E-state index contributed by atoms with van der Waals surface area (Å²) in [6.45, 7) is 8.11. The van der Waals surface area contributed by atoms with E-state index in [4.69, 9.17) is 19.4 Å². The first-order valence-electron chi connectivity index (χ1n) is 12.7. The number of nitrogens with zero attached hydrogens (tertiary/aromatic N) is 5. The molecule has 2 N–H and O–H groups in total. The van der Waals surface area contributed by atoms with Crippen LogP contribution >= 0.6 is 0 Å². The smallest absolute Gasteiger partial charge is 0.228 e. The van der Waals surface area contributed by atoms with E-state index in [1.807, 2.05) is 6.07 Å². The van der Waals surface area contributed by atoms with Gasteiger partial charge < -0.3 is 29.6 Å². The largest absolute Gasteiger partial charge is 0.352 e. The number of hydrogen-bond donors (Lipinski definition) is 2. The predicted octanol–water partition coefficient (Wildman–Crippen LogP) is 2.26. The van der Waals surface area contributed by atoms with E-state index >= 15 is 0 Å². The molecule has 200 valence electrons. The van der Waals surface area contributed by atoms with Gasteiger partial charge in [-0.05, 0) is 37.4 Å². The van der Waals surface area contributed by atoms with Gasteiger partial charge in [0.05, 0.1) is 42.6 Å². The third-order valence-corrected chi connectivity index (χ3v) is 6.67. The zero-order chi connectivity index (χ0) is 26.5. The van der Waals surface area contributed by atoms with Gasteiger partial charge in [0.1, 0.15) is 11.6 Å². The van der Waals surface area contributed by atoms with Crippen molar-refractivity contribution in [1.82, 2.24) is 30.2 Å². The van der Waals surface area contributed by atoms with Gasteiger partial charge in [-0.3, -0.25) is 4.79 Å². The predicted molar refractivity (Wildman–Crippen MR) is 141 cm³/mol. The van der Waals surface area contributed by atoms with Crippen LogP contribution in [-0.2, 0) is 20.7 Å². The van der Waals surface area contributed by atoms with E-state index in [0.717, 1.165) is 31.7 Å². The van der Waals surface area contributed by atoms with Gasteiger partial charge in [0.2, 0.25) is 11.9 Å². The number of carbonyl (C=O) groups excluding carboxylic acids is 1. The summed E-state index contributed by atoms with van der Waals surface area (Å²) in [5.74, 6) is 0.487. The van der Waals surface area contributed by atoms with Crippen molar-refractivity contribution in [2.24, 2.45) is 5.92 Å². The Hall–Kier alpha value is -3.67. The van der Waals surface area contributed by atoms with Crippen LogP contribution in [0.1, 0.15) is 5.82 Å². The van der Waals surface area contributed by atoms with Crippen LogP contribution in [0.3, 0.4) is 0 Å². The Morgan fingerprint density at radius 1 is 1.16 bits per heavy atom. The molecule has 2 aliphatic rings. The van der Waals surface area contributed by atoms with Crippen LogP contribution in [0.25, 0.3) is 22.6 Å². The van der Waals surface area contributed by atoms with Crippen molar-refractivity contribution in [2.75, 3.05) is 57.9 Å². The van der Waals surface area contributed by atoms with Gasteiger partial charge in [0, 0.05) is 44.5 Å². The van der Waals surface area contributed by atoms with Crippen LogP contribution in [-0.4, -0.2) is 90.0 Å². The van der Waals surface area contributed by atoms with Gasteiger partial charge in [-0.25, -0.2) is 19.3 Å². The number of aromatic nitrogens is 4. The number of benzene rings is 1. The molecule has 1 aromatic carbocycles. The fourth-order valence-corrected chi connectivity index (χ4v) is 4.45. The van der Waals surface area contributed by atoms with Crippen LogP contribution < -0.4 is 10.2 Å². The molecule has 0 atom stereocenters. The third kappa shape index (κ3) is 6.07. The second kappa shape index (κ2) is 11.8. The Labute approximate surface area is 220 Å². The summed E-state index contributed by atoms with van der Waals surface area (Å²) >= 11 is 0. The minimum Gasteiger partial charge on any atom is -0.352 e. The van der Waals surface area contributed by atoms with Gasteiger partial charge in [0.15, 0.2) is 6.29 Å². The van der Waals surface area contributed by atoms with Crippen molar-refractivity contribution < 1.29 is 18.7 Å². The Kier molecular flexibility index (Phi) is 8.06. The number of amides is 1. The fraction of sp³-hybridized carbons (Fsp3) is 0.407. The maximum atomic E-state index is 13.7. The molecular formula is C27H32FN7O3. The molecule has 5 rings (SSSR count). The minimum atomic E-state index is -0.551. The Balaban J connectivity index is 1.36. The summed E-state index contributed by atoms with van der Waals surface area (Å²) in [4.78, 5) is 34.2. The number of halogens is 1. The van der Waals surface area contributed by atoms with Gasteiger partial charge in [-0.15, -0.1) is 6.58 Å². The van der Waals surface area contributed by atoms with Gasteiger partial charge in [-0.2, -0.15) is 0 Å². The van der Waals surface area contributed by atoms with Crippen molar-refractivity contribution in [3.05, 3.63) is 60.8 Å². The lowest BCUT2D eigenvalue weighted by Gasteiger charge is -2.32. The van der Waals surface area contributed by atoms with E-state index in [-0.39, 0.29) is 30.9 Å². The van der Waals surface area contributed by atoms with Crippen LogP contribution in [0.2, 0.25) is 0 Å². The molecule has 3 aromatic rings. The first-order valence-corrected chi connectivity index (χ1v) is 12.7. The molecule has 0 aliphatic carbocycles. The monoisotopic (exact) mass is 521 g/mol. The molecule has 2 fully saturated rings. The molecule has 38 heavy (non-hydrogen) atoms. The molecule has 0 spiro atoms. The molecule has 0 bridgehead atoms. The lowest BCUT2D eigenvalue weighted by Crippen LogP contribution is -2.45. The zero-order valence-electron chi connectivity index (χ0n) is 21.4. The summed E-state index contributed by atoms with van der Waals surface area (Å²) in [7, 11) is 2.10. The number of aromatic amines is 1. The van der Waals surface area contributed by atoms with E-state index in [2.05, 4.69) is 38.7 Å². The third-order valence-electron chi connectivity index (χ3n) is 6.67. The van der Waals surface area contributed by atoms with Crippen molar-refractivity contribution in [3.8, 4) is 22.6 Å². The molecule has 4 heterocycles. The Morgan fingerprint density at radius 2 is 1.89 bits per heavy atom. The van der Waals surface area contributed by atoms with Crippen LogP contribution in [0.4, 0.5) is 10.3 Å². The highest BCUT2D eigenvalue weighted by Crippen LogP contribution is 2.31. The number of anilines is 1. The first kappa shape index (κ1) is 26.0. The summed E-state index contributed by atoms with van der Waals surface area (Å²) in [5.41, 5.74) is 2.81. The molecule has 1 amide bonds. The van der Waals surface area contributed by atoms with Crippen molar-refractivity contribution in [1.29, 1.82) is 0 Å². The number of carbonyl (C=O) groups is 1. The number of H-pyrrole nitrogens is 1. The maximum Gasteiger partial charge on any atom is 0.228 e. The lowest BCUT2D eigenvalue weighted by atomic mass is 10.1. The van der Waals surface area contributed by atoms with E-state index < -0.39 is 6.29 Å². The highest BCUT2D eigenvalue weighted by atomic mass is 19.1. The van der Waals surface area contributed by atoms with Crippen LogP contribution in [0, 0.1) is 11.7 Å². The number of ether oxygens (including phenoxy) is 2. The Morgan fingerprint density at radius 3 is 2.61 bits per heavy atom. The highest BCUT2D eigenvalue weighted by molar-refractivity contribution is 5.79. The second-order valence-corrected chi connectivity index (χ2v) is 9.48. The molecule has 2 saturated heterocycles. The van der Waals surface area contributed by atoms with E-state index in [9.17, 15) is 9.18 Å². The number of likely N-dealkylation sites (N-methyl/N-ethyl adjacent to an activating group) is 1. The summed E-state index contributed by atoms with van der Waals surface area (Å²) in [6.07, 6.45) is 3.18. The second-order valence-electron chi connectivity index (χ2n) is 9.48. The van der Waals surface area contributed by atoms with Crippen molar-refractivity contribution in [2.45, 2.75) is 12.7 Å². The first-order chi connectivity index (χ1) is 18.5. The lowest BCUT2D eigenvalue weighted by molar-refractivity contribution is -0.200. The van der Waals surface area contributed by atoms with Crippen LogP contribution in [0.5, 0.6) is 0 Å². The van der Waals surface area contributed by atoms with Crippen LogP contribution in [0.15, 0.2) is 49.2 Å². The fourth-order valence-electron chi connectivity index (χ4n) is 4.45. The summed E-state index contributed by atoms with van der Waals surface area (Å²) in [6, 6.07) is 8.05. The van der Waals surface area contributed by atoms with Crippen molar-refractivity contribution in [3.63, 3.8) is 0 Å². The zero-order valence-corrected chi connectivity index (χ0v) is 21.4. The molecule has 10 nitrogen and oxygen atoms in total. The SMILES string of the molecule is C=CCNC(=O)C1COC(Cc2nc(-c3ccc(F)cc3)c(-c3ccnc(N4CCN(C)CC4)n3)[nH]2)OC1. The topological polar surface area (TPSA) is 108 Å². The normalized spacial score (nSPS) is 20.3. The molecule has 0 radical (unpaired) electrons. The quantitative estimate of drug-likeness (QED) is 0.435. The number of nitrogens with one attached hydrogen (secondary N) is 2. The Bertz CT molecular complexity index is 1250. The average molecular weight is 522 g/mol. The summed E-state index contributed by atoms with van der Waals surface area (Å²) in [5, 5.41) is 2.77. The van der Waals surface area contributed by atoms with E-state index in [1.54, 1.807) is 24.4 Å². The van der Waals surface area contributed by atoms with Gasteiger partial charge in [-0.1, -0.05) is 6.08 Å². The number of imidazole rings is 1. The molecule has 0 saturated carbocycles. The standard InChI is InChI=1S/C27H32FN7O3/c1-3-9-29-26(36)19-16-37-23(38-17-19)15-22-32-24(18-4-6-20(28)7-5-18)25(33-22)21-8-10-30-27(31-21)35-13-11-34(2)12-14-35/h3-8,10,19,23H,1,9,11-17H2,2H3,(H,29,36)(H,32,33). The highest BCUT2D eigenvalue weighted by Gasteiger charge is 2.29. The molecular weight excluding hydrogens is 489 g/mol.